The van der Waals surface area contributed by atoms with Crippen LogP contribution in [0.1, 0.15) is 61.3 Å². The van der Waals surface area contributed by atoms with E-state index in [-0.39, 0.29) is 148 Å². The van der Waals surface area contributed by atoms with E-state index in [1.165, 1.54) is 47.9 Å². The molecule has 0 amide bonds. The number of aliphatic hydroxyl groups excluding tert-OH is 1. The minimum Gasteiger partial charge on any atom is -1.00 e. The summed E-state index contributed by atoms with van der Waals surface area (Å²) in [6.45, 7) is 0.669. The Morgan fingerprint density at radius 1 is 1.11 bits per heavy atom. The molecule has 0 aromatic heterocycles. The normalized spacial score (nSPS) is 14.8. The van der Waals surface area contributed by atoms with Gasteiger partial charge < -0.3 is 16.7 Å². The van der Waals surface area contributed by atoms with Crippen molar-refractivity contribution >= 4 is 27.5 Å². The van der Waals surface area contributed by atoms with Crippen LogP contribution in [0.2, 0.25) is 0 Å². The Hall–Kier alpha value is 1.65. The second kappa shape index (κ2) is 31.6. The van der Waals surface area contributed by atoms with E-state index in [1.54, 1.807) is 0 Å². The summed E-state index contributed by atoms with van der Waals surface area (Å²) in [6.07, 6.45) is 17.5. The average molecular weight is 811 g/mol. The molecular weight excluding hydrogens is 773 g/mol. The van der Waals surface area contributed by atoms with Crippen LogP contribution in [0.4, 0.5) is 0 Å². The zero-order chi connectivity index (χ0) is 27.0. The van der Waals surface area contributed by atoms with Crippen LogP contribution in [-0.4, -0.2) is 40.2 Å². The fourth-order valence-corrected chi connectivity index (χ4v) is 4.15. The largest absolute Gasteiger partial charge is 1.00 e. The summed E-state index contributed by atoms with van der Waals surface area (Å²) in [6, 6.07) is 17.8. The summed E-state index contributed by atoms with van der Waals surface area (Å²) in [4.78, 5) is 11.2. The monoisotopic (exact) mass is 810 g/mol. The molecule has 0 heterocycles. The van der Waals surface area contributed by atoms with E-state index in [4.69, 9.17) is 29.3 Å². The number of fused-ring (bicyclic) bond motifs is 2. The van der Waals surface area contributed by atoms with E-state index in [0.29, 0.717) is 18.3 Å². The summed E-state index contributed by atoms with van der Waals surface area (Å²) in [5, 5.41) is 19.6. The molecule has 2 aliphatic carbocycles. The molecule has 10 heteroatoms. The van der Waals surface area contributed by atoms with Gasteiger partial charge in [0.25, 0.3) is 6.47 Å². The van der Waals surface area contributed by atoms with Crippen molar-refractivity contribution in [1.29, 1.82) is 1.34 Å². The zero-order valence-corrected chi connectivity index (χ0v) is 33.9. The maximum absolute atomic E-state index is 8.64. The number of hydrogen-bond donors (Lipinski definition) is 3. The Morgan fingerprint density at radius 2 is 1.61 bits per heavy atom. The molecular formula is C28H36BK2NO4SU. The molecule has 2 N–H and O–H groups in total. The molecule has 0 fully saturated rings. The van der Waals surface area contributed by atoms with Gasteiger partial charge >= 0.3 is 103 Å². The van der Waals surface area contributed by atoms with Crippen molar-refractivity contribution in [2.75, 3.05) is 18.9 Å². The average Bonchev–Trinajstić information content (AvgIpc) is 3.56. The summed E-state index contributed by atoms with van der Waals surface area (Å²) in [5.41, 5.74) is 5.97. The van der Waals surface area contributed by atoms with Crippen LogP contribution in [0.5, 0.6) is 0 Å². The van der Waals surface area contributed by atoms with Crippen LogP contribution < -0.4 is 113 Å². The van der Waals surface area contributed by atoms with Gasteiger partial charge in [0, 0.05) is 57.7 Å². The van der Waals surface area contributed by atoms with E-state index in [2.05, 4.69) is 91.6 Å². The molecule has 5 nitrogen and oxygen atoms in total. The van der Waals surface area contributed by atoms with Crippen LogP contribution in [0, 0.1) is 55.8 Å². The van der Waals surface area contributed by atoms with E-state index in [0.717, 1.165) is 18.8 Å². The number of aliphatic hydroxyl groups is 1. The Morgan fingerprint density at radius 3 is 2.11 bits per heavy atom. The van der Waals surface area contributed by atoms with Crippen LogP contribution in [0.25, 0.3) is 0 Å². The molecule has 0 bridgehead atoms. The summed E-state index contributed by atoms with van der Waals surface area (Å²) >= 11 is 3.67. The number of hydrogen-bond acceptors (Lipinski definition) is 6. The van der Waals surface area contributed by atoms with Gasteiger partial charge in [0.05, 0.1) is 13.2 Å². The molecule has 0 saturated heterocycles. The molecule has 2 aromatic rings. The Labute approximate surface area is 348 Å². The molecule has 192 valence electrons. The van der Waals surface area contributed by atoms with Crippen LogP contribution in [0.3, 0.4) is 0 Å². The van der Waals surface area contributed by atoms with Gasteiger partial charge in [0.1, 0.15) is 0 Å². The molecule has 4 rings (SSSR count). The van der Waals surface area contributed by atoms with Crippen molar-refractivity contribution in [2.24, 2.45) is 0 Å². The second-order valence-electron chi connectivity index (χ2n) is 7.69. The topological polar surface area (TPSA) is 81.6 Å². The molecule has 2 radical (unpaired) electrons. The van der Waals surface area contributed by atoms with Crippen LogP contribution in [0.15, 0.2) is 48.5 Å². The van der Waals surface area contributed by atoms with Crippen molar-refractivity contribution in [3.63, 3.8) is 0 Å². The molecule has 38 heavy (non-hydrogen) atoms. The van der Waals surface area contributed by atoms with Crippen molar-refractivity contribution in [2.45, 2.75) is 50.5 Å². The van der Waals surface area contributed by atoms with Gasteiger partial charge in [0.15, 0.2) is 0 Å². The number of benzene rings is 2. The first-order valence-corrected chi connectivity index (χ1v) is 12.0. The van der Waals surface area contributed by atoms with Gasteiger partial charge in [-0.2, -0.15) is 12.6 Å². The summed E-state index contributed by atoms with van der Waals surface area (Å²) in [5.74, 6) is 6.64. The molecule has 0 unspecified atom stereocenters. The first kappa shape index (κ1) is 44.1. The maximum atomic E-state index is 8.64. The first-order chi connectivity index (χ1) is 17.7. The third-order valence-corrected chi connectivity index (χ3v) is 5.82. The third kappa shape index (κ3) is 19.0. The van der Waals surface area contributed by atoms with Gasteiger partial charge in [-0.3, -0.25) is 10.1 Å². The summed E-state index contributed by atoms with van der Waals surface area (Å²) in [7, 11) is 3.75. The molecule has 2 atom stereocenters. The molecule has 0 aliphatic heterocycles. The fourth-order valence-electron chi connectivity index (χ4n) is 4.15. The van der Waals surface area contributed by atoms with Gasteiger partial charge in [-0.05, 0) is 61.6 Å². The molecule has 0 spiro atoms. The molecule has 0 saturated carbocycles. The minimum absolute atomic E-state index is 0. The van der Waals surface area contributed by atoms with E-state index >= 15 is 0 Å². The van der Waals surface area contributed by atoms with Gasteiger partial charge in [-0.25, -0.2) is 0 Å². The first-order valence-electron chi connectivity index (χ1n) is 11.9. The summed E-state index contributed by atoms with van der Waals surface area (Å²) < 4.78 is 5.25. The van der Waals surface area contributed by atoms with Crippen LogP contribution >= 0.6 is 12.6 Å². The molecule has 2 aromatic carbocycles. The van der Waals surface area contributed by atoms with Crippen molar-refractivity contribution < 1.29 is 155 Å². The molecule has 2 aliphatic rings. The van der Waals surface area contributed by atoms with E-state index in [1.807, 2.05) is 0 Å². The number of thiol groups is 1. The number of rotatable bonds is 6. The second-order valence-corrected chi connectivity index (χ2v) is 8.14. The minimum atomic E-state index is -0.181. The number of carbonyl (C=O) groups excluding carboxylic acids is 1. The smallest absolute Gasteiger partial charge is 1.00 e. The fraction of sp³-hybridized carbons (Fsp3) is 0.393. The quantitative estimate of drug-likeness (QED) is 0.0719. The maximum Gasteiger partial charge on any atom is 1.00 e. The van der Waals surface area contributed by atoms with E-state index < -0.39 is 0 Å². The SMILES string of the molecule is C#CCC[C@@H]1CCc2ccccc21.C#CCN[C@@H]1CCc2ccccc21.O=CO[O-].OCCS.[2H][B].[H-].[K+].[K+].[U]. The van der Waals surface area contributed by atoms with Gasteiger partial charge in [-0.1, -0.05) is 54.5 Å². The predicted octanol–water partition coefficient (Wildman–Crippen LogP) is -3.16. The van der Waals surface area contributed by atoms with Crippen molar-refractivity contribution in [1.82, 2.24) is 5.32 Å². The Bertz CT molecular complexity index is 884. The third-order valence-electron chi connectivity index (χ3n) is 5.62. The van der Waals surface area contributed by atoms with Gasteiger partial charge in [0.2, 0.25) is 0 Å². The number of nitrogens with one attached hydrogen (secondary N) is 1. The number of terminal acetylenes is 2. The Kier molecular flexibility index (Phi) is 36.6. The van der Waals surface area contributed by atoms with Crippen molar-refractivity contribution in [3.05, 3.63) is 70.8 Å². The zero-order valence-electron chi connectivity index (χ0n) is 24.6. The predicted molar refractivity (Wildman–Crippen MR) is 146 cm³/mol. The number of carbonyl (C=O) groups is 1. The van der Waals surface area contributed by atoms with E-state index in [9.17, 15) is 0 Å². The van der Waals surface area contributed by atoms with Gasteiger partial charge in [-0.15, -0.1) is 18.8 Å². The standard InChI is InChI=1S/C13H14.C12H13N.C2H6OS.CH2O3.BH.2K.U.H/c1-2-3-6-11-9-10-12-7-4-5-8-13(11)12;1-2-9-13-12-8-7-10-5-3-4-6-11(10)12;3-1-2-4;2-1-4-3;;;;;/h1,4-5,7-8,11H,3,6,9-10H2;1,3-6,12-13H,7-9H2;3-4H,1-2H2;1,3H;1H;;;;/q;;;;;2*+1;;-1/p-1/t11-;12-;;;;;;;/m11......./s1/i;;;;1D;;;;. The van der Waals surface area contributed by atoms with Crippen molar-refractivity contribution in [3.8, 4) is 24.7 Å². The van der Waals surface area contributed by atoms with Crippen LogP contribution in [-0.2, 0) is 22.5 Å². The number of aryl methyl sites for hydroxylation is 2. The Balaban J connectivity index is -0.000000144.